The van der Waals surface area contributed by atoms with Crippen molar-refractivity contribution in [3.05, 3.63) is 0 Å². The van der Waals surface area contributed by atoms with Crippen LogP contribution in [-0.4, -0.2) is 32.9 Å². The number of aliphatic carboxylic acids is 2. The van der Waals surface area contributed by atoms with E-state index in [-0.39, 0.29) is 0 Å². The molecule has 84 valence electrons. The normalized spacial score (nSPS) is 37.5. The highest BCUT2D eigenvalue weighted by molar-refractivity contribution is 5.94. The number of carboxylic acids is 2. The molecule has 0 aromatic carbocycles. The third kappa shape index (κ3) is 1.07. The Balaban J connectivity index is 2.32. The fraction of sp³-hybridized carbons (Fsp3) is 0.800. The highest BCUT2D eigenvalue weighted by Crippen LogP contribution is 2.69. The average molecular weight is 214 g/mol. The van der Waals surface area contributed by atoms with Gasteiger partial charge in [-0.3, -0.25) is 4.79 Å². The molecule has 1 spiro atoms. The number of hydrogen-bond acceptors (Lipinski definition) is 3. The molecule has 2 aliphatic carbocycles. The molecule has 2 fully saturated rings. The Morgan fingerprint density at radius 1 is 1.07 bits per heavy atom. The van der Waals surface area contributed by atoms with Gasteiger partial charge in [0.1, 0.15) is 5.92 Å². The monoisotopic (exact) mass is 214 g/mol. The topological polar surface area (TPSA) is 94.8 Å². The molecule has 15 heavy (non-hydrogen) atoms. The first kappa shape index (κ1) is 10.4. The van der Waals surface area contributed by atoms with E-state index >= 15 is 0 Å². The Morgan fingerprint density at radius 2 is 1.60 bits per heavy atom. The van der Waals surface area contributed by atoms with Crippen LogP contribution in [0.1, 0.15) is 32.1 Å². The van der Waals surface area contributed by atoms with E-state index in [1.54, 1.807) is 0 Å². The molecule has 2 aliphatic rings. The summed E-state index contributed by atoms with van der Waals surface area (Å²) in [7, 11) is 0. The quantitative estimate of drug-likeness (QED) is 0.621. The molecule has 2 unspecified atom stereocenters. The van der Waals surface area contributed by atoms with Gasteiger partial charge in [-0.1, -0.05) is 19.3 Å². The smallest absolute Gasteiger partial charge is 0.337 e. The summed E-state index contributed by atoms with van der Waals surface area (Å²) in [6.45, 7) is 0. The van der Waals surface area contributed by atoms with Crippen molar-refractivity contribution in [1.29, 1.82) is 0 Å². The minimum absolute atomic E-state index is 0.507. The molecule has 5 nitrogen and oxygen atoms in total. The lowest BCUT2D eigenvalue weighted by molar-refractivity contribution is -0.156. The summed E-state index contributed by atoms with van der Waals surface area (Å²) in [6, 6.07) is 0. The van der Waals surface area contributed by atoms with E-state index in [9.17, 15) is 14.7 Å². The van der Waals surface area contributed by atoms with E-state index < -0.39 is 28.9 Å². The highest BCUT2D eigenvalue weighted by atomic mass is 16.4. The molecule has 3 N–H and O–H groups in total. The second-order valence-electron chi connectivity index (χ2n) is 4.56. The van der Waals surface area contributed by atoms with E-state index in [4.69, 9.17) is 10.2 Å². The van der Waals surface area contributed by atoms with Crippen LogP contribution in [-0.2, 0) is 9.59 Å². The largest absolute Gasteiger partial charge is 0.481 e. The predicted octanol–water partition coefficient (Wildman–Crippen LogP) is 0.467. The number of rotatable bonds is 2. The maximum Gasteiger partial charge on any atom is 0.337 e. The molecule has 5 heteroatoms. The molecular weight excluding hydrogens is 200 g/mol. The van der Waals surface area contributed by atoms with E-state index in [1.807, 2.05) is 0 Å². The Morgan fingerprint density at radius 3 is 1.93 bits per heavy atom. The van der Waals surface area contributed by atoms with E-state index in [1.165, 1.54) is 0 Å². The van der Waals surface area contributed by atoms with Gasteiger partial charge in [-0.15, -0.1) is 0 Å². The molecule has 0 amide bonds. The van der Waals surface area contributed by atoms with Gasteiger partial charge in [0.2, 0.25) is 0 Å². The Kier molecular flexibility index (Phi) is 2.05. The molecule has 2 atom stereocenters. The number of carbonyl (C=O) groups is 2. The lowest BCUT2D eigenvalue weighted by atomic mass is 9.82. The van der Waals surface area contributed by atoms with Gasteiger partial charge in [0.05, 0.1) is 0 Å². The average Bonchev–Trinajstić information content (AvgIpc) is 2.68. The summed E-state index contributed by atoms with van der Waals surface area (Å²) in [5.41, 5.74) is -2.93. The van der Waals surface area contributed by atoms with Crippen molar-refractivity contribution < 1.29 is 24.9 Å². The Hall–Kier alpha value is -1.10. The number of aliphatic hydroxyl groups is 1. The van der Waals surface area contributed by atoms with Crippen molar-refractivity contribution in [2.75, 3.05) is 0 Å². The minimum atomic E-state index is -2.03. The van der Waals surface area contributed by atoms with Gasteiger partial charge in [0.25, 0.3) is 0 Å². The number of hydrogen-bond donors (Lipinski definition) is 3. The SMILES string of the molecule is O=C(O)C1C2(CCCCC2)C1(O)C(=O)O. The maximum atomic E-state index is 11.0. The Bertz CT molecular complexity index is 318. The maximum absolute atomic E-state index is 11.0. The molecule has 0 aromatic heterocycles. The molecule has 2 rings (SSSR count). The van der Waals surface area contributed by atoms with Crippen molar-refractivity contribution in [3.8, 4) is 0 Å². The van der Waals surface area contributed by atoms with Crippen molar-refractivity contribution in [3.63, 3.8) is 0 Å². The van der Waals surface area contributed by atoms with Crippen LogP contribution in [0.5, 0.6) is 0 Å². The van der Waals surface area contributed by atoms with Crippen molar-refractivity contribution in [2.45, 2.75) is 37.7 Å². The van der Waals surface area contributed by atoms with Crippen molar-refractivity contribution in [1.82, 2.24) is 0 Å². The van der Waals surface area contributed by atoms with E-state index in [2.05, 4.69) is 0 Å². The summed E-state index contributed by atoms with van der Waals surface area (Å²) >= 11 is 0. The summed E-state index contributed by atoms with van der Waals surface area (Å²) < 4.78 is 0. The second-order valence-corrected chi connectivity index (χ2v) is 4.56. The lowest BCUT2D eigenvalue weighted by Gasteiger charge is -2.23. The van der Waals surface area contributed by atoms with Gasteiger partial charge in [-0.25, -0.2) is 4.79 Å². The van der Waals surface area contributed by atoms with Crippen LogP contribution >= 0.6 is 0 Å². The zero-order valence-electron chi connectivity index (χ0n) is 8.27. The standard InChI is InChI=1S/C10H14O5/c11-7(12)6-9(4-2-1-3-5-9)10(6,15)8(13)14/h6,15H,1-5H2,(H,11,12)(H,13,14). The first-order chi connectivity index (χ1) is 6.97. The van der Waals surface area contributed by atoms with Gasteiger partial charge < -0.3 is 15.3 Å². The third-order valence-corrected chi connectivity index (χ3v) is 3.96. The lowest BCUT2D eigenvalue weighted by Crippen LogP contribution is -2.32. The summed E-state index contributed by atoms with van der Waals surface area (Å²) in [5, 5.41) is 27.8. The zero-order valence-corrected chi connectivity index (χ0v) is 8.27. The van der Waals surface area contributed by atoms with Crippen LogP contribution in [0.2, 0.25) is 0 Å². The molecule has 0 radical (unpaired) electrons. The molecular formula is C10H14O5. The van der Waals surface area contributed by atoms with Crippen LogP contribution in [0.25, 0.3) is 0 Å². The summed E-state index contributed by atoms with van der Waals surface area (Å²) in [5.74, 6) is -3.71. The first-order valence-corrected chi connectivity index (χ1v) is 5.15. The van der Waals surface area contributed by atoms with Crippen LogP contribution in [0.15, 0.2) is 0 Å². The summed E-state index contributed by atoms with van der Waals surface area (Å²) in [4.78, 5) is 21.9. The molecule has 0 aromatic rings. The fourth-order valence-corrected chi connectivity index (χ4v) is 3.18. The molecule has 0 bridgehead atoms. The van der Waals surface area contributed by atoms with Crippen molar-refractivity contribution >= 4 is 11.9 Å². The van der Waals surface area contributed by atoms with Crippen LogP contribution in [0, 0.1) is 11.3 Å². The van der Waals surface area contributed by atoms with E-state index in [0.29, 0.717) is 12.8 Å². The summed E-state index contributed by atoms with van der Waals surface area (Å²) in [6.07, 6.45) is 3.61. The van der Waals surface area contributed by atoms with Gasteiger partial charge in [0.15, 0.2) is 5.60 Å². The highest BCUT2D eigenvalue weighted by Gasteiger charge is 2.83. The third-order valence-electron chi connectivity index (χ3n) is 3.96. The van der Waals surface area contributed by atoms with Crippen molar-refractivity contribution in [2.24, 2.45) is 11.3 Å². The Labute approximate surface area is 86.7 Å². The predicted molar refractivity (Wildman–Crippen MR) is 49.2 cm³/mol. The molecule has 0 saturated heterocycles. The van der Waals surface area contributed by atoms with Gasteiger partial charge in [-0.2, -0.15) is 0 Å². The van der Waals surface area contributed by atoms with Gasteiger partial charge in [-0.05, 0) is 12.8 Å². The second kappa shape index (κ2) is 2.95. The first-order valence-electron chi connectivity index (χ1n) is 5.15. The molecule has 2 saturated carbocycles. The van der Waals surface area contributed by atoms with Gasteiger partial charge >= 0.3 is 11.9 Å². The number of carboxylic acid groups (broad SMARTS) is 2. The van der Waals surface area contributed by atoms with Crippen LogP contribution in [0.4, 0.5) is 0 Å². The molecule has 0 heterocycles. The van der Waals surface area contributed by atoms with E-state index in [0.717, 1.165) is 19.3 Å². The van der Waals surface area contributed by atoms with Crippen LogP contribution < -0.4 is 0 Å². The van der Waals surface area contributed by atoms with Crippen LogP contribution in [0.3, 0.4) is 0 Å². The fourth-order valence-electron chi connectivity index (χ4n) is 3.18. The minimum Gasteiger partial charge on any atom is -0.481 e. The molecule has 0 aliphatic heterocycles. The zero-order chi connectivity index (χ0) is 11.3. The van der Waals surface area contributed by atoms with Gasteiger partial charge in [0, 0.05) is 5.41 Å².